The van der Waals surface area contributed by atoms with E-state index in [9.17, 15) is 22.4 Å². The maximum atomic E-state index is 13.0. The number of thiol groups is 1. The number of sulfone groups is 1. The van der Waals surface area contributed by atoms with E-state index in [0.717, 1.165) is 11.1 Å². The summed E-state index contributed by atoms with van der Waals surface area (Å²) < 4.78 is 47.9. The van der Waals surface area contributed by atoms with Crippen LogP contribution in [0.25, 0.3) is 5.53 Å². The summed E-state index contributed by atoms with van der Waals surface area (Å²) in [5.41, 5.74) is 11.7. The molecule has 0 N–H and O–H groups in total. The molecule has 6 nitrogen and oxygen atoms in total. The van der Waals surface area contributed by atoms with E-state index in [1.807, 2.05) is 6.92 Å². The van der Waals surface area contributed by atoms with Gasteiger partial charge in [-0.3, -0.25) is 0 Å². The molecular weight excluding hydrogens is 336 g/mol. The molecule has 0 bridgehead atoms. The molecule has 0 aliphatic heterocycles. The Kier molecular flexibility index (Phi) is 4.80. The summed E-state index contributed by atoms with van der Waals surface area (Å²) in [7, 11) is -7.27. The molecule has 1 aliphatic rings. The van der Waals surface area contributed by atoms with E-state index in [4.69, 9.17) is 0 Å². The smallest absolute Gasteiger partial charge is 0.360 e. The quantitative estimate of drug-likeness (QED) is 0.294. The minimum atomic E-state index is -4.19. The van der Waals surface area contributed by atoms with E-state index in [1.54, 1.807) is 19.9 Å². The van der Waals surface area contributed by atoms with Crippen LogP contribution in [0.5, 0.6) is 0 Å². The first kappa shape index (κ1) is 17.8. The van der Waals surface area contributed by atoms with Crippen LogP contribution in [0.1, 0.15) is 42.4 Å². The summed E-state index contributed by atoms with van der Waals surface area (Å²) in [5.74, 6) is 0. The van der Waals surface area contributed by atoms with Gasteiger partial charge in [-0.1, -0.05) is 18.9 Å². The third-order valence-electron chi connectivity index (χ3n) is 4.82. The van der Waals surface area contributed by atoms with Crippen molar-refractivity contribution in [3.63, 3.8) is 0 Å². The maximum Gasteiger partial charge on any atom is 0.406 e. The minimum absolute atomic E-state index is 0.00322. The molecule has 0 unspecified atom stereocenters. The maximum absolute atomic E-state index is 13.0. The molecule has 126 valence electrons. The third kappa shape index (κ3) is 2.75. The van der Waals surface area contributed by atoms with Crippen molar-refractivity contribution in [3.8, 4) is 0 Å². The van der Waals surface area contributed by atoms with Gasteiger partial charge in [0.2, 0.25) is 0 Å². The Morgan fingerprint density at radius 1 is 1.13 bits per heavy atom. The second-order valence-electron chi connectivity index (χ2n) is 6.03. The molecule has 8 heteroatoms. The topological polar surface area (TPSA) is 105 Å². The second kappa shape index (κ2) is 6.19. The molecule has 0 spiro atoms. The predicted octanol–water partition coefficient (Wildman–Crippen LogP) is 1.94. The summed E-state index contributed by atoms with van der Waals surface area (Å²) in [6, 6.07) is 3.11. The van der Waals surface area contributed by atoms with Crippen LogP contribution in [-0.2, 0) is 20.5 Å². The highest BCUT2D eigenvalue weighted by atomic mass is 32.2. The Hall–Kier alpha value is -1.50. The second-order valence-corrected chi connectivity index (χ2v) is 9.24. The van der Waals surface area contributed by atoms with E-state index < -0.39 is 30.3 Å². The summed E-state index contributed by atoms with van der Waals surface area (Å²) in [6.45, 7) is 5.34. The molecule has 2 rings (SSSR count). The van der Waals surface area contributed by atoms with Gasteiger partial charge in [0.1, 0.15) is 0 Å². The highest BCUT2D eigenvalue weighted by molar-refractivity contribution is 8.07. The number of nitrogens with zero attached hydrogens (tertiary/aromatic N) is 2. The number of aryl methyl sites for hydroxylation is 1. The minimum Gasteiger partial charge on any atom is -0.360 e. The van der Waals surface area contributed by atoms with Gasteiger partial charge in [0.15, 0.2) is 15.5 Å². The van der Waals surface area contributed by atoms with Crippen LogP contribution in [0.15, 0.2) is 17.0 Å². The van der Waals surface area contributed by atoms with Crippen molar-refractivity contribution in [2.75, 3.05) is 0 Å². The van der Waals surface area contributed by atoms with Gasteiger partial charge in [-0.25, -0.2) is 16.8 Å². The lowest BCUT2D eigenvalue weighted by Crippen LogP contribution is -2.43. The number of rotatable bonds is 3. The van der Waals surface area contributed by atoms with Crippen molar-refractivity contribution in [2.45, 2.75) is 56.1 Å². The molecule has 0 atom stereocenters. The summed E-state index contributed by atoms with van der Waals surface area (Å²) in [5, 5.41) is -0.648. The van der Waals surface area contributed by atoms with Crippen molar-refractivity contribution in [2.24, 2.45) is 0 Å². The van der Waals surface area contributed by atoms with Gasteiger partial charge < -0.3 is 5.53 Å². The first-order valence-corrected chi connectivity index (χ1v) is 10.0. The van der Waals surface area contributed by atoms with Gasteiger partial charge in [-0.2, -0.15) is 4.79 Å². The summed E-state index contributed by atoms with van der Waals surface area (Å²) in [4.78, 5) is 2.95. The standard InChI is InChI=1S/C15H20N2O4S2/c1-10-6-7-13(12(3)11(10)2)23(20,21)14(17-16)15(22(18)19)8-4-5-9-15/h6-7,22H,4-5,8-9H2,1-3H3. The van der Waals surface area contributed by atoms with Gasteiger partial charge in [-0.15, -0.1) is 0 Å². The molecule has 0 amide bonds. The number of hydrogen-bond donors (Lipinski definition) is 1. The molecule has 23 heavy (non-hydrogen) atoms. The molecule has 0 aromatic heterocycles. The lowest BCUT2D eigenvalue weighted by atomic mass is 10.1. The Balaban J connectivity index is 2.72. The average Bonchev–Trinajstić information content (AvgIpc) is 2.95. The monoisotopic (exact) mass is 356 g/mol. The van der Waals surface area contributed by atoms with E-state index in [2.05, 4.69) is 4.79 Å². The van der Waals surface area contributed by atoms with Crippen LogP contribution in [-0.4, -0.2) is 31.4 Å². The zero-order valence-electron chi connectivity index (χ0n) is 13.4. The highest BCUT2D eigenvalue weighted by Gasteiger charge is 2.55. The van der Waals surface area contributed by atoms with Crippen molar-refractivity contribution < 1.29 is 21.6 Å². The first-order chi connectivity index (χ1) is 10.7. The van der Waals surface area contributed by atoms with Crippen molar-refractivity contribution >= 4 is 25.6 Å². The SMILES string of the molecule is Cc1ccc(S(=O)(=O)C(=[N+]=[N-])C2([SH](=O)=O)CCCC2)c(C)c1C. The van der Waals surface area contributed by atoms with Crippen molar-refractivity contribution in [1.82, 2.24) is 0 Å². The fourth-order valence-electron chi connectivity index (χ4n) is 3.16. The van der Waals surface area contributed by atoms with E-state index >= 15 is 0 Å². The number of benzene rings is 1. The Labute approximate surface area is 138 Å². The van der Waals surface area contributed by atoms with E-state index in [1.165, 1.54) is 6.07 Å². The van der Waals surface area contributed by atoms with Crippen LogP contribution in [0.2, 0.25) is 0 Å². The largest absolute Gasteiger partial charge is 0.406 e. The van der Waals surface area contributed by atoms with Gasteiger partial charge in [0.25, 0.3) is 9.84 Å². The fourth-order valence-corrected chi connectivity index (χ4v) is 6.45. The van der Waals surface area contributed by atoms with Crippen LogP contribution >= 0.6 is 0 Å². The van der Waals surface area contributed by atoms with Gasteiger partial charge >= 0.3 is 5.04 Å². The number of hydrogen-bond acceptors (Lipinski definition) is 4. The molecule has 1 aromatic rings. The Morgan fingerprint density at radius 3 is 2.17 bits per heavy atom. The molecule has 0 heterocycles. The highest BCUT2D eigenvalue weighted by Crippen LogP contribution is 2.37. The van der Waals surface area contributed by atoms with Gasteiger partial charge in [-0.05, 0) is 56.4 Å². The lowest BCUT2D eigenvalue weighted by molar-refractivity contribution is -0.00602. The zero-order valence-corrected chi connectivity index (χ0v) is 15.1. The normalized spacial score (nSPS) is 17.2. The molecule has 0 radical (unpaired) electrons. The summed E-state index contributed by atoms with van der Waals surface area (Å²) in [6.07, 6.45) is 1.50. The molecular formula is C15H20N2O4S2. The molecule has 1 saturated carbocycles. The van der Waals surface area contributed by atoms with E-state index in [-0.39, 0.29) is 17.7 Å². The van der Waals surface area contributed by atoms with Gasteiger partial charge in [0, 0.05) is 0 Å². The molecule has 1 aliphatic carbocycles. The van der Waals surface area contributed by atoms with Gasteiger partial charge in [0.05, 0.1) is 4.90 Å². The summed E-state index contributed by atoms with van der Waals surface area (Å²) >= 11 is 0. The van der Waals surface area contributed by atoms with Crippen molar-refractivity contribution in [3.05, 3.63) is 34.4 Å². The lowest BCUT2D eigenvalue weighted by Gasteiger charge is -2.18. The average molecular weight is 356 g/mol. The molecule has 1 fully saturated rings. The molecule has 1 aromatic carbocycles. The van der Waals surface area contributed by atoms with Crippen LogP contribution in [0, 0.1) is 20.8 Å². The first-order valence-electron chi connectivity index (χ1n) is 7.37. The van der Waals surface area contributed by atoms with E-state index in [0.29, 0.717) is 18.4 Å². The fraction of sp³-hybridized carbons (Fsp3) is 0.533. The molecule has 0 saturated heterocycles. The Morgan fingerprint density at radius 2 is 1.70 bits per heavy atom. The van der Waals surface area contributed by atoms with Crippen LogP contribution in [0.3, 0.4) is 0 Å². The Bertz CT molecular complexity index is 865. The van der Waals surface area contributed by atoms with Crippen molar-refractivity contribution in [1.29, 1.82) is 0 Å². The predicted molar refractivity (Wildman–Crippen MR) is 88.0 cm³/mol. The van der Waals surface area contributed by atoms with Crippen LogP contribution in [0.4, 0.5) is 0 Å². The van der Waals surface area contributed by atoms with Crippen LogP contribution < -0.4 is 0 Å². The third-order valence-corrected chi connectivity index (χ3v) is 8.33. The zero-order chi connectivity index (χ0) is 17.4.